The molecule has 1 N–H and O–H groups in total. The minimum Gasteiger partial charge on any atom is -0.494 e. The van der Waals surface area contributed by atoms with Gasteiger partial charge < -0.3 is 10.1 Å². The van der Waals surface area contributed by atoms with Crippen molar-refractivity contribution < 1.29 is 9.53 Å². The molecule has 1 aliphatic rings. The van der Waals surface area contributed by atoms with Crippen molar-refractivity contribution in [1.29, 1.82) is 0 Å². The molecule has 150 valence electrons. The highest BCUT2D eigenvalue weighted by molar-refractivity contribution is 5.76. The Labute approximate surface area is 168 Å². The van der Waals surface area contributed by atoms with Crippen molar-refractivity contribution >= 4 is 5.91 Å². The highest BCUT2D eigenvalue weighted by atomic mass is 16.5. The van der Waals surface area contributed by atoms with Gasteiger partial charge in [0, 0.05) is 31.6 Å². The van der Waals surface area contributed by atoms with Crippen molar-refractivity contribution in [2.45, 2.75) is 52.1 Å². The van der Waals surface area contributed by atoms with E-state index >= 15 is 0 Å². The van der Waals surface area contributed by atoms with E-state index in [9.17, 15) is 4.79 Å². The zero-order valence-electron chi connectivity index (χ0n) is 17.3. The average Bonchev–Trinajstić information content (AvgIpc) is 2.71. The van der Waals surface area contributed by atoms with E-state index in [0.29, 0.717) is 19.6 Å². The zero-order chi connectivity index (χ0) is 20.0. The second-order valence-electron chi connectivity index (χ2n) is 8.11. The van der Waals surface area contributed by atoms with Gasteiger partial charge in [-0.2, -0.15) is 0 Å². The summed E-state index contributed by atoms with van der Waals surface area (Å²) < 4.78 is 5.46. The number of fused-ring (bicyclic) bond motifs is 1. The Bertz CT molecular complexity index is 783. The van der Waals surface area contributed by atoms with E-state index in [1.54, 1.807) is 0 Å². The molecule has 0 unspecified atom stereocenters. The van der Waals surface area contributed by atoms with Crippen molar-refractivity contribution in [1.82, 2.24) is 10.2 Å². The summed E-state index contributed by atoms with van der Waals surface area (Å²) in [6.07, 6.45) is 2.33. The lowest BCUT2D eigenvalue weighted by Crippen LogP contribution is -2.53. The summed E-state index contributed by atoms with van der Waals surface area (Å²) in [7, 11) is 0. The number of benzene rings is 2. The molecule has 4 nitrogen and oxygen atoms in total. The fourth-order valence-corrected chi connectivity index (χ4v) is 3.70. The van der Waals surface area contributed by atoms with Crippen LogP contribution in [0.4, 0.5) is 0 Å². The quantitative estimate of drug-likeness (QED) is 0.753. The van der Waals surface area contributed by atoms with Crippen LogP contribution in [-0.2, 0) is 24.2 Å². The lowest BCUT2D eigenvalue weighted by atomic mass is 9.94. The molecule has 0 saturated carbocycles. The molecule has 0 fully saturated rings. The molecule has 1 heterocycles. The largest absolute Gasteiger partial charge is 0.494 e. The van der Waals surface area contributed by atoms with Crippen LogP contribution >= 0.6 is 0 Å². The van der Waals surface area contributed by atoms with Gasteiger partial charge in [0.2, 0.25) is 5.91 Å². The van der Waals surface area contributed by atoms with Gasteiger partial charge in [0.25, 0.3) is 0 Å². The maximum absolute atomic E-state index is 12.4. The molecule has 0 atom stereocenters. The summed E-state index contributed by atoms with van der Waals surface area (Å²) in [4.78, 5) is 14.8. The van der Waals surface area contributed by atoms with Crippen molar-refractivity contribution in [2.24, 2.45) is 0 Å². The van der Waals surface area contributed by atoms with Gasteiger partial charge in [0.05, 0.1) is 6.61 Å². The fraction of sp³-hybridized carbons (Fsp3) is 0.458. The Kier molecular flexibility index (Phi) is 6.74. The predicted molar refractivity (Wildman–Crippen MR) is 114 cm³/mol. The van der Waals surface area contributed by atoms with Gasteiger partial charge in [0.1, 0.15) is 5.75 Å². The van der Waals surface area contributed by atoms with E-state index in [4.69, 9.17) is 4.74 Å². The van der Waals surface area contributed by atoms with E-state index in [0.717, 1.165) is 37.2 Å². The van der Waals surface area contributed by atoms with Crippen LogP contribution in [0.25, 0.3) is 0 Å². The molecule has 0 spiro atoms. The standard InChI is InChI=1S/C24H32N2O2/c1-4-28-22-12-9-19(10-13-22)11-14-23(27)25-18-24(2,3)26-16-15-20-7-5-6-8-21(20)17-26/h5-10,12-13H,4,11,14-18H2,1-3H3,(H,25,27). The van der Waals surface area contributed by atoms with Crippen LogP contribution in [0.5, 0.6) is 5.75 Å². The summed E-state index contributed by atoms with van der Waals surface area (Å²) in [5.74, 6) is 0.986. The monoisotopic (exact) mass is 380 g/mol. The lowest BCUT2D eigenvalue weighted by molar-refractivity contribution is -0.121. The highest BCUT2D eigenvalue weighted by Gasteiger charge is 2.29. The number of nitrogens with zero attached hydrogens (tertiary/aromatic N) is 1. The molecule has 1 amide bonds. The van der Waals surface area contributed by atoms with E-state index in [2.05, 4.69) is 48.3 Å². The summed E-state index contributed by atoms with van der Waals surface area (Å²) in [6, 6.07) is 16.7. The number of aryl methyl sites for hydroxylation is 1. The highest BCUT2D eigenvalue weighted by Crippen LogP contribution is 2.25. The van der Waals surface area contributed by atoms with E-state index in [-0.39, 0.29) is 11.4 Å². The van der Waals surface area contributed by atoms with Crippen LogP contribution in [0.3, 0.4) is 0 Å². The minimum atomic E-state index is -0.0671. The van der Waals surface area contributed by atoms with E-state index in [1.165, 1.54) is 11.1 Å². The Hall–Kier alpha value is -2.33. The number of rotatable bonds is 8. The smallest absolute Gasteiger partial charge is 0.220 e. The normalized spacial score (nSPS) is 14.4. The molecule has 0 saturated heterocycles. The van der Waals surface area contributed by atoms with Gasteiger partial charge >= 0.3 is 0 Å². The first kappa shape index (κ1) is 20.4. The van der Waals surface area contributed by atoms with Crippen LogP contribution in [-0.4, -0.2) is 36.0 Å². The molecule has 2 aromatic carbocycles. The third-order valence-corrected chi connectivity index (χ3v) is 5.58. The Morgan fingerprint density at radius 3 is 2.54 bits per heavy atom. The first-order valence-corrected chi connectivity index (χ1v) is 10.3. The second kappa shape index (κ2) is 9.24. The summed E-state index contributed by atoms with van der Waals surface area (Å²) in [6.45, 7) is 9.72. The van der Waals surface area contributed by atoms with Gasteiger partial charge in [-0.05, 0) is 62.4 Å². The van der Waals surface area contributed by atoms with Crippen molar-refractivity contribution in [3.8, 4) is 5.75 Å². The lowest BCUT2D eigenvalue weighted by Gasteiger charge is -2.41. The number of ether oxygens (including phenoxy) is 1. The molecule has 4 heteroatoms. The number of amides is 1. The van der Waals surface area contributed by atoms with Gasteiger partial charge in [-0.15, -0.1) is 0 Å². The zero-order valence-corrected chi connectivity index (χ0v) is 17.3. The maximum atomic E-state index is 12.4. The molecule has 0 radical (unpaired) electrons. The van der Waals surface area contributed by atoms with Crippen LogP contribution < -0.4 is 10.1 Å². The predicted octanol–water partition coefficient (Wildman–Crippen LogP) is 3.97. The SMILES string of the molecule is CCOc1ccc(CCC(=O)NCC(C)(C)N2CCc3ccccc3C2)cc1. The van der Waals surface area contributed by atoms with Crippen LogP contribution in [0, 0.1) is 0 Å². The van der Waals surface area contributed by atoms with Gasteiger partial charge in [0.15, 0.2) is 0 Å². The number of carbonyl (C=O) groups excluding carboxylic acids is 1. The summed E-state index contributed by atoms with van der Waals surface area (Å²) >= 11 is 0. The van der Waals surface area contributed by atoms with Crippen molar-refractivity contribution in [3.05, 3.63) is 65.2 Å². The molecular weight excluding hydrogens is 348 g/mol. The minimum absolute atomic E-state index is 0.0671. The molecule has 0 aliphatic carbocycles. The molecule has 0 bridgehead atoms. The van der Waals surface area contributed by atoms with Gasteiger partial charge in [-0.25, -0.2) is 0 Å². The molecular formula is C24H32N2O2. The average molecular weight is 381 g/mol. The Balaban J connectivity index is 1.45. The molecule has 2 aromatic rings. The first-order chi connectivity index (χ1) is 13.5. The molecule has 1 aliphatic heterocycles. The number of hydrogen-bond donors (Lipinski definition) is 1. The summed E-state index contributed by atoms with van der Waals surface area (Å²) in [5.41, 5.74) is 3.95. The van der Waals surface area contributed by atoms with Crippen LogP contribution in [0.1, 0.15) is 43.9 Å². The topological polar surface area (TPSA) is 41.6 Å². The van der Waals surface area contributed by atoms with E-state index in [1.807, 2.05) is 31.2 Å². The van der Waals surface area contributed by atoms with Crippen LogP contribution in [0.2, 0.25) is 0 Å². The van der Waals surface area contributed by atoms with Gasteiger partial charge in [-0.3, -0.25) is 9.69 Å². The maximum Gasteiger partial charge on any atom is 0.220 e. The van der Waals surface area contributed by atoms with E-state index < -0.39 is 0 Å². The molecule has 0 aromatic heterocycles. The van der Waals surface area contributed by atoms with Crippen LogP contribution in [0.15, 0.2) is 48.5 Å². The second-order valence-corrected chi connectivity index (χ2v) is 8.11. The number of nitrogens with one attached hydrogen (secondary N) is 1. The molecule has 3 rings (SSSR count). The van der Waals surface area contributed by atoms with Crippen molar-refractivity contribution in [2.75, 3.05) is 19.7 Å². The Morgan fingerprint density at radius 2 is 1.82 bits per heavy atom. The third-order valence-electron chi connectivity index (χ3n) is 5.58. The number of carbonyl (C=O) groups is 1. The number of hydrogen-bond acceptors (Lipinski definition) is 3. The van der Waals surface area contributed by atoms with Gasteiger partial charge in [-0.1, -0.05) is 36.4 Å². The van der Waals surface area contributed by atoms with Crippen molar-refractivity contribution in [3.63, 3.8) is 0 Å². The molecule has 28 heavy (non-hydrogen) atoms. The third kappa shape index (κ3) is 5.35. The Morgan fingerprint density at radius 1 is 1.11 bits per heavy atom. The summed E-state index contributed by atoms with van der Waals surface area (Å²) in [5, 5.41) is 3.14. The fourth-order valence-electron chi connectivity index (χ4n) is 3.70. The first-order valence-electron chi connectivity index (χ1n) is 10.3.